The monoisotopic (exact) mass is 160 g/mol. The van der Waals surface area contributed by atoms with E-state index in [-0.39, 0.29) is 22.9 Å². The summed E-state index contributed by atoms with van der Waals surface area (Å²) in [5.74, 6) is 0. The molecule has 0 bridgehead atoms. The van der Waals surface area contributed by atoms with Crippen LogP contribution in [0.25, 0.3) is 0 Å². The van der Waals surface area contributed by atoms with Gasteiger partial charge in [0.05, 0.1) is 4.11 Å². The second-order valence-corrected chi connectivity index (χ2v) is 1.70. The normalized spacial score (nSPS) is 14.7. The first kappa shape index (κ1) is 2.27. The van der Waals surface area contributed by atoms with Crippen molar-refractivity contribution in [3.63, 3.8) is 0 Å². The molecule has 1 aromatic heterocycles. The summed E-state index contributed by atoms with van der Waals surface area (Å²) in [6.07, 6.45) is 0.00729. The van der Waals surface area contributed by atoms with E-state index < -0.39 is 0 Å². The third-order valence-electron chi connectivity index (χ3n) is 0.475. The fourth-order valence-corrected chi connectivity index (χ4v) is 0.462. The van der Waals surface area contributed by atoms with Gasteiger partial charge >= 0.3 is 0 Å². The molecule has 2 heteroatoms. The van der Waals surface area contributed by atoms with Gasteiger partial charge in [0.2, 0.25) is 0 Å². The first-order valence-corrected chi connectivity index (χ1v) is 2.51. The molecule has 0 fully saturated rings. The summed E-state index contributed by atoms with van der Waals surface area (Å²) in [5.41, 5.74) is 0. The van der Waals surface area contributed by atoms with Crippen molar-refractivity contribution in [1.29, 1.82) is 0 Å². The molecule has 7 heavy (non-hydrogen) atoms. The second-order valence-electron chi connectivity index (χ2n) is 0.945. The van der Waals surface area contributed by atoms with E-state index in [1.54, 1.807) is 0 Å². The molecule has 0 aromatic carbocycles. The van der Waals surface area contributed by atoms with Crippen LogP contribution in [0.2, 0.25) is 0 Å². The average Bonchev–Trinajstić information content (AvgIpc) is 1.82. The van der Waals surface area contributed by atoms with Crippen molar-refractivity contribution >= 4 is 15.9 Å². The van der Waals surface area contributed by atoms with E-state index in [1.807, 2.05) is 0 Å². The summed E-state index contributed by atoms with van der Waals surface area (Å²) in [5, 5.41) is 0. The Labute approximate surface area is 54.7 Å². The Morgan fingerprint density at radius 2 is 2.71 bits per heavy atom. The number of aromatic nitrogens is 1. The van der Waals surface area contributed by atoms with Crippen molar-refractivity contribution in [2.75, 3.05) is 0 Å². The summed E-state index contributed by atoms with van der Waals surface area (Å²) in [6.45, 7) is 0. The number of hydrogen-bond donors (Lipinski definition) is 0. The molecule has 1 rings (SSSR count). The molecule has 0 aliphatic rings. The van der Waals surface area contributed by atoms with Gasteiger partial charge in [0.1, 0.15) is 4.60 Å². The standard InChI is InChI=1S/C5H4BrN/c6-5-3-1-2-4-7-5/h1-4H/i1D,3D,4D. The predicted octanol–water partition coefficient (Wildman–Crippen LogP) is 1.84. The quantitative estimate of drug-likeness (QED) is 0.529. The lowest BCUT2D eigenvalue weighted by Gasteiger charge is -1.80. The smallest absolute Gasteiger partial charge is 0.106 e. The van der Waals surface area contributed by atoms with E-state index in [1.165, 1.54) is 6.07 Å². The van der Waals surface area contributed by atoms with Gasteiger partial charge in [-0.1, -0.05) is 6.04 Å². The van der Waals surface area contributed by atoms with Crippen LogP contribution in [0.4, 0.5) is 0 Å². The number of rotatable bonds is 0. The largest absolute Gasteiger partial charge is 0.249 e. The number of halogens is 1. The summed E-state index contributed by atoms with van der Waals surface area (Å²) in [4.78, 5) is 3.61. The molecule has 0 unspecified atom stereocenters. The van der Waals surface area contributed by atoms with Crippen LogP contribution in [0, 0.1) is 0 Å². The fraction of sp³-hybridized carbons (Fsp3) is 0. The molecule has 36 valence electrons. The van der Waals surface area contributed by atoms with Gasteiger partial charge in [-0.25, -0.2) is 4.98 Å². The van der Waals surface area contributed by atoms with Crippen LogP contribution in [0.5, 0.6) is 0 Å². The highest BCUT2D eigenvalue weighted by molar-refractivity contribution is 9.10. The lowest BCUT2D eigenvalue weighted by molar-refractivity contribution is 1.28. The maximum atomic E-state index is 7.16. The second kappa shape index (κ2) is 2.07. The lowest BCUT2D eigenvalue weighted by atomic mass is 10.5. The molecule has 1 nitrogen and oxygen atoms in total. The molecule has 0 atom stereocenters. The SMILES string of the molecule is [2H]c1cc([2H])c([2H])c(Br)n1. The summed E-state index contributed by atoms with van der Waals surface area (Å²) < 4.78 is 21.6. The van der Waals surface area contributed by atoms with Gasteiger partial charge in [0.15, 0.2) is 0 Å². The molecule has 0 spiro atoms. The van der Waals surface area contributed by atoms with Crippen LogP contribution >= 0.6 is 15.9 Å². The molecule has 0 radical (unpaired) electrons. The van der Waals surface area contributed by atoms with E-state index in [0.717, 1.165) is 0 Å². The van der Waals surface area contributed by atoms with Crippen molar-refractivity contribution < 1.29 is 4.11 Å². The Balaban J connectivity index is 3.31. The Morgan fingerprint density at radius 3 is 3.43 bits per heavy atom. The predicted molar refractivity (Wildman–Crippen MR) is 31.9 cm³/mol. The minimum Gasteiger partial charge on any atom is -0.249 e. The molecule has 0 saturated heterocycles. The molecule has 0 N–H and O–H groups in total. The molecule has 0 saturated carbocycles. The highest BCUT2D eigenvalue weighted by Gasteiger charge is 1.75. The first-order valence-electron chi connectivity index (χ1n) is 3.21. The fourth-order valence-electron chi connectivity index (χ4n) is 0.245. The highest BCUT2D eigenvalue weighted by Crippen LogP contribution is 2.00. The van der Waals surface area contributed by atoms with Crippen LogP contribution in [0.3, 0.4) is 0 Å². The van der Waals surface area contributed by atoms with Gasteiger partial charge in [-0.2, -0.15) is 0 Å². The average molecular weight is 161 g/mol. The molecular formula is C5H4BrN. The van der Waals surface area contributed by atoms with Crippen LogP contribution in [-0.4, -0.2) is 4.98 Å². The van der Waals surface area contributed by atoms with Crippen molar-refractivity contribution in [2.24, 2.45) is 0 Å². The van der Waals surface area contributed by atoms with Crippen molar-refractivity contribution in [3.05, 3.63) is 28.9 Å². The molecular weight excluding hydrogens is 154 g/mol. The maximum absolute atomic E-state index is 7.16. The maximum Gasteiger partial charge on any atom is 0.106 e. The molecule has 1 heterocycles. The molecule has 0 amide bonds. The number of nitrogens with zero attached hydrogens (tertiary/aromatic N) is 1. The summed E-state index contributed by atoms with van der Waals surface area (Å²) >= 11 is 2.96. The lowest BCUT2D eigenvalue weighted by Crippen LogP contribution is -1.66. The van der Waals surface area contributed by atoms with Crippen LogP contribution in [0.15, 0.2) is 28.9 Å². The van der Waals surface area contributed by atoms with E-state index in [0.29, 0.717) is 0 Å². The van der Waals surface area contributed by atoms with Crippen molar-refractivity contribution in [1.82, 2.24) is 4.98 Å². The third kappa shape index (κ3) is 1.27. The molecule has 1 aromatic rings. The van der Waals surface area contributed by atoms with Crippen LogP contribution in [0.1, 0.15) is 4.11 Å². The minimum atomic E-state index is 0.00729. The van der Waals surface area contributed by atoms with Crippen LogP contribution in [-0.2, 0) is 0 Å². The Morgan fingerprint density at radius 1 is 1.86 bits per heavy atom. The Kier molecular flexibility index (Phi) is 0.671. The van der Waals surface area contributed by atoms with E-state index in [4.69, 9.17) is 4.11 Å². The topological polar surface area (TPSA) is 12.9 Å². The molecule has 0 aliphatic heterocycles. The zero-order valence-corrected chi connectivity index (χ0v) is 4.99. The van der Waals surface area contributed by atoms with Crippen molar-refractivity contribution in [2.45, 2.75) is 0 Å². The minimum absolute atomic E-state index is 0.00729. The van der Waals surface area contributed by atoms with Crippen molar-refractivity contribution in [3.8, 4) is 0 Å². The first-order chi connectivity index (χ1) is 4.61. The Bertz CT molecular complexity index is 240. The van der Waals surface area contributed by atoms with Gasteiger partial charge in [0.25, 0.3) is 0 Å². The van der Waals surface area contributed by atoms with Gasteiger partial charge in [-0.05, 0) is 28.0 Å². The van der Waals surface area contributed by atoms with Gasteiger partial charge in [-0.15, -0.1) is 0 Å². The zero-order chi connectivity index (χ0) is 7.72. The number of hydrogen-bond acceptors (Lipinski definition) is 1. The zero-order valence-electron chi connectivity index (χ0n) is 6.40. The van der Waals surface area contributed by atoms with E-state index in [2.05, 4.69) is 20.9 Å². The number of pyridine rings is 1. The van der Waals surface area contributed by atoms with E-state index in [9.17, 15) is 0 Å². The summed E-state index contributed by atoms with van der Waals surface area (Å²) in [7, 11) is 0. The van der Waals surface area contributed by atoms with Gasteiger partial charge in [0, 0.05) is 6.17 Å². The molecule has 0 aliphatic carbocycles. The van der Waals surface area contributed by atoms with E-state index >= 15 is 0 Å². The van der Waals surface area contributed by atoms with Crippen LogP contribution < -0.4 is 0 Å². The highest BCUT2D eigenvalue weighted by atomic mass is 79.9. The third-order valence-corrected chi connectivity index (χ3v) is 0.850. The van der Waals surface area contributed by atoms with Gasteiger partial charge < -0.3 is 0 Å². The summed E-state index contributed by atoms with van der Waals surface area (Å²) in [6, 6.07) is 1.27. The van der Waals surface area contributed by atoms with Gasteiger partial charge in [-0.3, -0.25) is 0 Å². The Hall–Kier alpha value is -0.370.